The number of hydrogen-bond donors (Lipinski definition) is 2. The maximum atomic E-state index is 13.1. The molecule has 2 aromatic rings. The minimum Gasteiger partial charge on any atom is -0.493 e. The van der Waals surface area contributed by atoms with E-state index >= 15 is 0 Å². The van der Waals surface area contributed by atoms with Crippen molar-refractivity contribution in [3.63, 3.8) is 0 Å². The van der Waals surface area contributed by atoms with Crippen LogP contribution in [-0.4, -0.2) is 25.4 Å². The molecule has 1 unspecified atom stereocenters. The number of hydrogen-bond acceptors (Lipinski definition) is 7. The molecule has 0 aromatic heterocycles. The van der Waals surface area contributed by atoms with Crippen LogP contribution in [0.3, 0.4) is 0 Å². The summed E-state index contributed by atoms with van der Waals surface area (Å²) in [5, 5.41) is 12.2. The molecule has 0 radical (unpaired) electrons. The number of nitrogens with two attached hydrogens (primary N) is 1. The summed E-state index contributed by atoms with van der Waals surface area (Å²) in [5.74, 6) is -0.842. The summed E-state index contributed by atoms with van der Waals surface area (Å²) >= 11 is 0. The van der Waals surface area contributed by atoms with Crippen LogP contribution in [0.25, 0.3) is 0 Å². The Morgan fingerprint density at radius 2 is 1.95 bits per heavy atom. The number of carbonyl (C=O) groups is 2. The number of amides is 1. The molecule has 0 fully saturated rings. The molecule has 1 atom stereocenters. The van der Waals surface area contributed by atoms with Crippen LogP contribution in [0.2, 0.25) is 0 Å². The van der Waals surface area contributed by atoms with Gasteiger partial charge in [-0.15, -0.1) is 0 Å². The summed E-state index contributed by atoms with van der Waals surface area (Å²) in [6, 6.07) is 11.0. The largest absolute Gasteiger partial charge is 0.493 e. The van der Waals surface area contributed by atoms with Crippen LogP contribution >= 0.6 is 0 Å². The highest BCUT2D eigenvalue weighted by Crippen LogP contribution is 2.48. The topological polar surface area (TPSA) is 124 Å². The number of halogens is 3. The lowest BCUT2D eigenvalue weighted by molar-refractivity contribution is -0.137. The number of benzene rings is 2. The number of Topliss-reactive ketones (excluding diaryl/α,β-unsaturated/α-hetero) is 1. The van der Waals surface area contributed by atoms with Gasteiger partial charge < -0.3 is 25.3 Å². The van der Waals surface area contributed by atoms with Crippen molar-refractivity contribution in [1.82, 2.24) is 0 Å². The van der Waals surface area contributed by atoms with E-state index in [2.05, 4.69) is 11.4 Å². The standard InChI is InChI=1S/C28H26F3N3O5/c1-27(2)11-19(35)25-22(12-27)39-26(33)18(13-32)24(25)15-7-8-20(21(9-15)37-3)38-14-23(36)34-17-6-4-5-16(10-17)28(29,30)31/h4-10,24H,11-12,14,33H2,1-3H3,(H,34,36). The lowest BCUT2D eigenvalue weighted by Crippen LogP contribution is -2.33. The molecule has 1 aliphatic carbocycles. The number of ether oxygens (including phenoxy) is 3. The fourth-order valence-corrected chi connectivity index (χ4v) is 4.71. The number of methoxy groups -OCH3 is 1. The number of nitriles is 1. The Labute approximate surface area is 222 Å². The molecular formula is C28H26F3N3O5. The molecule has 1 aliphatic heterocycles. The van der Waals surface area contributed by atoms with Gasteiger partial charge in [0, 0.05) is 24.1 Å². The van der Waals surface area contributed by atoms with Crippen molar-refractivity contribution in [3.05, 3.63) is 76.4 Å². The zero-order valence-corrected chi connectivity index (χ0v) is 21.4. The van der Waals surface area contributed by atoms with Gasteiger partial charge in [-0.1, -0.05) is 26.0 Å². The summed E-state index contributed by atoms with van der Waals surface area (Å²) in [7, 11) is 1.38. The Morgan fingerprint density at radius 1 is 1.21 bits per heavy atom. The molecule has 2 aliphatic rings. The molecule has 1 amide bonds. The van der Waals surface area contributed by atoms with Gasteiger partial charge in [0.05, 0.1) is 18.6 Å². The van der Waals surface area contributed by atoms with Crippen molar-refractivity contribution in [2.75, 3.05) is 19.0 Å². The van der Waals surface area contributed by atoms with Gasteiger partial charge in [0.15, 0.2) is 23.9 Å². The van der Waals surface area contributed by atoms with Crippen LogP contribution in [0.1, 0.15) is 43.7 Å². The number of anilines is 1. The van der Waals surface area contributed by atoms with E-state index in [0.29, 0.717) is 23.3 Å². The molecule has 204 valence electrons. The molecule has 0 saturated heterocycles. The highest BCUT2D eigenvalue weighted by atomic mass is 19.4. The second kappa shape index (κ2) is 10.4. The van der Waals surface area contributed by atoms with Gasteiger partial charge >= 0.3 is 6.18 Å². The summed E-state index contributed by atoms with van der Waals surface area (Å²) in [6.07, 6.45) is -3.79. The summed E-state index contributed by atoms with van der Waals surface area (Å²) in [4.78, 5) is 25.5. The molecule has 4 rings (SSSR count). The van der Waals surface area contributed by atoms with Gasteiger partial charge in [0.25, 0.3) is 5.91 Å². The van der Waals surface area contributed by atoms with Crippen molar-refractivity contribution >= 4 is 17.4 Å². The first kappa shape index (κ1) is 27.6. The average Bonchev–Trinajstić information content (AvgIpc) is 2.85. The van der Waals surface area contributed by atoms with Gasteiger partial charge in [0.2, 0.25) is 5.88 Å². The monoisotopic (exact) mass is 541 g/mol. The number of nitrogens with one attached hydrogen (secondary N) is 1. The van der Waals surface area contributed by atoms with Crippen LogP contribution in [0.15, 0.2) is 65.3 Å². The number of alkyl halides is 3. The van der Waals surface area contributed by atoms with Crippen molar-refractivity contribution in [2.45, 2.75) is 38.8 Å². The third kappa shape index (κ3) is 5.85. The first-order valence-electron chi connectivity index (χ1n) is 11.9. The molecule has 0 saturated carbocycles. The quantitative estimate of drug-likeness (QED) is 0.516. The first-order valence-corrected chi connectivity index (χ1v) is 11.9. The average molecular weight is 542 g/mol. The Bertz CT molecular complexity index is 1440. The van der Waals surface area contributed by atoms with E-state index in [9.17, 15) is 28.0 Å². The molecule has 3 N–H and O–H groups in total. The third-order valence-electron chi connectivity index (χ3n) is 6.43. The Morgan fingerprint density at radius 3 is 2.62 bits per heavy atom. The smallest absolute Gasteiger partial charge is 0.416 e. The zero-order valence-electron chi connectivity index (χ0n) is 21.4. The predicted octanol–water partition coefficient (Wildman–Crippen LogP) is 5.18. The molecule has 39 heavy (non-hydrogen) atoms. The Balaban J connectivity index is 1.56. The normalized spacial score (nSPS) is 18.6. The number of allylic oxidation sites excluding steroid dienone is 3. The summed E-state index contributed by atoms with van der Waals surface area (Å²) < 4.78 is 55.5. The maximum absolute atomic E-state index is 13.1. The van der Waals surface area contributed by atoms with E-state index in [-0.39, 0.29) is 46.3 Å². The minimum absolute atomic E-state index is 0.0296. The van der Waals surface area contributed by atoms with Crippen LogP contribution < -0.4 is 20.5 Å². The van der Waals surface area contributed by atoms with Gasteiger partial charge in [-0.05, 0) is 41.3 Å². The lowest BCUT2D eigenvalue weighted by Gasteiger charge is -2.37. The van der Waals surface area contributed by atoms with E-state index in [0.717, 1.165) is 12.1 Å². The SMILES string of the molecule is COc1cc(C2C(C#N)=C(N)OC3=C2C(=O)CC(C)(C)C3)ccc1OCC(=O)Nc1cccc(C(F)(F)F)c1. The minimum atomic E-state index is -4.54. The lowest BCUT2D eigenvalue weighted by atomic mass is 9.70. The van der Waals surface area contributed by atoms with E-state index in [1.807, 2.05) is 13.8 Å². The Hall–Kier alpha value is -4.46. The predicted molar refractivity (Wildman–Crippen MR) is 134 cm³/mol. The highest BCUT2D eigenvalue weighted by Gasteiger charge is 2.43. The maximum Gasteiger partial charge on any atom is 0.416 e. The second-order valence-electron chi connectivity index (χ2n) is 10.0. The molecule has 1 heterocycles. The molecule has 0 bridgehead atoms. The zero-order chi connectivity index (χ0) is 28.5. The molecular weight excluding hydrogens is 515 g/mol. The fourth-order valence-electron chi connectivity index (χ4n) is 4.71. The molecule has 0 spiro atoms. The summed E-state index contributed by atoms with van der Waals surface area (Å²) in [5.41, 5.74) is 5.82. The number of ketones is 1. The first-order chi connectivity index (χ1) is 18.3. The van der Waals surface area contributed by atoms with Crippen LogP contribution in [0.5, 0.6) is 11.5 Å². The molecule has 11 heteroatoms. The molecule has 2 aromatic carbocycles. The van der Waals surface area contributed by atoms with E-state index in [1.54, 1.807) is 12.1 Å². The fraction of sp³-hybridized carbons (Fsp3) is 0.321. The van der Waals surface area contributed by atoms with Crippen molar-refractivity contribution in [3.8, 4) is 17.6 Å². The number of nitrogens with zero attached hydrogens (tertiary/aromatic N) is 1. The summed E-state index contributed by atoms with van der Waals surface area (Å²) in [6.45, 7) is 3.39. The van der Waals surface area contributed by atoms with E-state index in [4.69, 9.17) is 19.9 Å². The second-order valence-corrected chi connectivity index (χ2v) is 10.0. The molecule has 8 nitrogen and oxygen atoms in total. The van der Waals surface area contributed by atoms with Crippen LogP contribution in [-0.2, 0) is 20.5 Å². The van der Waals surface area contributed by atoms with Crippen LogP contribution in [0, 0.1) is 16.7 Å². The van der Waals surface area contributed by atoms with Gasteiger partial charge in [-0.25, -0.2) is 0 Å². The van der Waals surface area contributed by atoms with Crippen molar-refractivity contribution in [1.29, 1.82) is 5.26 Å². The van der Waals surface area contributed by atoms with E-state index in [1.165, 1.54) is 25.3 Å². The number of carbonyl (C=O) groups excluding carboxylic acids is 2. The van der Waals surface area contributed by atoms with E-state index < -0.39 is 30.2 Å². The third-order valence-corrected chi connectivity index (χ3v) is 6.43. The van der Waals surface area contributed by atoms with Crippen molar-refractivity contribution < 1.29 is 37.0 Å². The highest BCUT2D eigenvalue weighted by molar-refractivity contribution is 6.00. The number of rotatable bonds is 6. The van der Waals surface area contributed by atoms with Crippen LogP contribution in [0.4, 0.5) is 18.9 Å². The van der Waals surface area contributed by atoms with Gasteiger partial charge in [0.1, 0.15) is 17.4 Å². The van der Waals surface area contributed by atoms with Gasteiger partial charge in [-0.3, -0.25) is 9.59 Å². The van der Waals surface area contributed by atoms with Crippen molar-refractivity contribution in [2.24, 2.45) is 11.1 Å². The van der Waals surface area contributed by atoms with Gasteiger partial charge in [-0.2, -0.15) is 18.4 Å². The Kier molecular flexibility index (Phi) is 7.33.